The Kier molecular flexibility index (Phi) is 3.55. The summed E-state index contributed by atoms with van der Waals surface area (Å²) in [7, 11) is 0. The number of hydrogen-bond donors (Lipinski definition) is 1. The van der Waals surface area contributed by atoms with Crippen LogP contribution in [0.1, 0.15) is 6.92 Å². The van der Waals surface area contributed by atoms with Gasteiger partial charge in [-0.1, -0.05) is 22.6 Å². The summed E-state index contributed by atoms with van der Waals surface area (Å²) < 4.78 is 0.0719. The average molecular weight is 213 g/mol. The monoisotopic (exact) mass is 213 g/mol. The van der Waals surface area contributed by atoms with Gasteiger partial charge in [0.15, 0.2) is 5.78 Å². The van der Waals surface area contributed by atoms with Gasteiger partial charge in [-0.2, -0.15) is 0 Å². The lowest BCUT2D eigenvalue weighted by Gasteiger charge is -1.94. The molecule has 0 amide bonds. The number of Topliss-reactive ketones (excluding diaryl/α,β-unsaturated/α-hetero) is 1. The van der Waals surface area contributed by atoms with E-state index in [4.69, 9.17) is 5.73 Å². The first-order valence-corrected chi connectivity index (χ1v) is 3.30. The predicted molar refractivity (Wildman–Crippen MR) is 37.5 cm³/mol. The molecule has 0 saturated carbocycles. The third-order valence-corrected chi connectivity index (χ3v) is 1.34. The highest BCUT2D eigenvalue weighted by atomic mass is 127. The van der Waals surface area contributed by atoms with E-state index >= 15 is 0 Å². The van der Waals surface area contributed by atoms with E-state index in [9.17, 15) is 4.79 Å². The first-order valence-electron chi connectivity index (χ1n) is 2.05. The number of ketones is 1. The van der Waals surface area contributed by atoms with Gasteiger partial charge in [0.25, 0.3) is 0 Å². The van der Waals surface area contributed by atoms with Crippen LogP contribution >= 0.6 is 22.6 Å². The van der Waals surface area contributed by atoms with Gasteiger partial charge in [0.2, 0.25) is 0 Å². The van der Waals surface area contributed by atoms with Crippen molar-refractivity contribution in [3.63, 3.8) is 0 Å². The Morgan fingerprint density at radius 1 is 2.00 bits per heavy atom. The fraction of sp³-hybridized carbons (Fsp3) is 0.750. The zero-order valence-corrected chi connectivity index (χ0v) is 6.31. The molecule has 0 aromatic carbocycles. The van der Waals surface area contributed by atoms with Crippen molar-refractivity contribution in [2.75, 3.05) is 6.54 Å². The molecule has 0 aromatic heterocycles. The van der Waals surface area contributed by atoms with Crippen LogP contribution in [0, 0.1) is 0 Å². The van der Waals surface area contributed by atoms with Gasteiger partial charge in [-0.15, -0.1) is 0 Å². The molecule has 7 heavy (non-hydrogen) atoms. The number of nitrogens with two attached hydrogens (primary N) is 1. The van der Waals surface area contributed by atoms with Crippen LogP contribution in [0.2, 0.25) is 0 Å². The van der Waals surface area contributed by atoms with Crippen LogP contribution in [-0.4, -0.2) is 16.3 Å². The largest absolute Gasteiger partial charge is 0.324 e. The van der Waals surface area contributed by atoms with E-state index in [2.05, 4.69) is 0 Å². The Hall–Kier alpha value is 0.360. The number of carbonyl (C=O) groups is 1. The maximum Gasteiger partial charge on any atom is 0.158 e. The third-order valence-electron chi connectivity index (χ3n) is 0.645. The average Bonchev–Trinajstić information content (AvgIpc) is 1.65. The Labute approximate surface area is 56.6 Å². The highest BCUT2D eigenvalue weighted by Gasteiger charge is 2.03. The quantitative estimate of drug-likeness (QED) is 0.530. The van der Waals surface area contributed by atoms with Crippen LogP contribution in [0.4, 0.5) is 0 Å². The molecular formula is C4H8INO. The van der Waals surface area contributed by atoms with Crippen molar-refractivity contribution < 1.29 is 4.79 Å². The molecule has 3 heteroatoms. The maximum absolute atomic E-state index is 10.4. The van der Waals surface area contributed by atoms with E-state index in [1.54, 1.807) is 0 Å². The second kappa shape index (κ2) is 3.37. The Bertz CT molecular complexity index is 72.1. The maximum atomic E-state index is 10.4. The van der Waals surface area contributed by atoms with Gasteiger partial charge in [-0.25, -0.2) is 0 Å². The van der Waals surface area contributed by atoms with Crippen molar-refractivity contribution in [1.29, 1.82) is 0 Å². The smallest absolute Gasteiger partial charge is 0.158 e. The highest BCUT2D eigenvalue weighted by molar-refractivity contribution is 14.1. The lowest BCUT2D eigenvalue weighted by Crippen LogP contribution is -2.20. The molecule has 0 rings (SSSR count). The second-order valence-electron chi connectivity index (χ2n) is 1.29. The Morgan fingerprint density at radius 2 is 2.43 bits per heavy atom. The summed E-state index contributed by atoms with van der Waals surface area (Å²) in [6.07, 6.45) is 0. The van der Waals surface area contributed by atoms with Crippen LogP contribution in [0.15, 0.2) is 0 Å². The molecule has 0 aromatic rings. The summed E-state index contributed by atoms with van der Waals surface area (Å²) in [6.45, 7) is 2.00. The molecule has 0 heterocycles. The van der Waals surface area contributed by atoms with E-state index in [0.29, 0.717) is 0 Å². The molecule has 2 N–H and O–H groups in total. The molecule has 0 aliphatic carbocycles. The van der Waals surface area contributed by atoms with Crippen molar-refractivity contribution in [2.24, 2.45) is 5.73 Å². The molecule has 0 unspecified atom stereocenters. The van der Waals surface area contributed by atoms with Crippen molar-refractivity contribution in [2.45, 2.75) is 10.8 Å². The van der Waals surface area contributed by atoms with Gasteiger partial charge in [0.05, 0.1) is 10.5 Å². The molecule has 0 aliphatic rings. The van der Waals surface area contributed by atoms with Gasteiger partial charge in [-0.3, -0.25) is 4.79 Å². The molecule has 0 aliphatic heterocycles. The van der Waals surface area contributed by atoms with Crippen LogP contribution < -0.4 is 5.73 Å². The second-order valence-corrected chi connectivity index (χ2v) is 3.15. The molecule has 1 atom stereocenters. The number of alkyl halides is 1. The Morgan fingerprint density at radius 3 is 2.43 bits per heavy atom. The van der Waals surface area contributed by atoms with E-state index in [0.717, 1.165) is 0 Å². The number of hydrogen-bond acceptors (Lipinski definition) is 2. The van der Waals surface area contributed by atoms with Crippen molar-refractivity contribution in [1.82, 2.24) is 0 Å². The number of halogens is 1. The minimum absolute atomic E-state index is 0.0719. The first-order chi connectivity index (χ1) is 3.18. The first kappa shape index (κ1) is 7.36. The fourth-order valence-corrected chi connectivity index (χ4v) is 0.417. The van der Waals surface area contributed by atoms with Gasteiger partial charge in [0, 0.05) is 0 Å². The summed E-state index contributed by atoms with van der Waals surface area (Å²) in [5, 5.41) is 0. The summed E-state index contributed by atoms with van der Waals surface area (Å²) in [5.41, 5.74) is 5.02. The summed E-state index contributed by atoms with van der Waals surface area (Å²) in [4.78, 5) is 10.4. The summed E-state index contributed by atoms with van der Waals surface area (Å²) >= 11 is 2.04. The van der Waals surface area contributed by atoms with Crippen molar-refractivity contribution in [3.8, 4) is 0 Å². The molecule has 42 valence electrons. The van der Waals surface area contributed by atoms with Crippen LogP contribution in [-0.2, 0) is 4.79 Å². The Balaban J connectivity index is 3.35. The molecular weight excluding hydrogens is 205 g/mol. The lowest BCUT2D eigenvalue weighted by atomic mass is 10.3. The minimum atomic E-state index is 0.0719. The van der Waals surface area contributed by atoms with Crippen LogP contribution in [0.5, 0.6) is 0 Å². The van der Waals surface area contributed by atoms with Gasteiger partial charge >= 0.3 is 0 Å². The molecule has 0 spiro atoms. The van der Waals surface area contributed by atoms with E-state index in [1.165, 1.54) is 0 Å². The van der Waals surface area contributed by atoms with E-state index < -0.39 is 0 Å². The topological polar surface area (TPSA) is 43.1 Å². The van der Waals surface area contributed by atoms with Crippen molar-refractivity contribution >= 4 is 28.4 Å². The standard InChI is InChI=1S/C4H8INO/c1-3(5)4(7)2-6/h3H,2,6H2,1H3/t3-/m1/s1. The van der Waals surface area contributed by atoms with Crippen molar-refractivity contribution in [3.05, 3.63) is 0 Å². The lowest BCUT2D eigenvalue weighted by molar-refractivity contribution is -0.116. The zero-order valence-electron chi connectivity index (χ0n) is 4.15. The summed E-state index contributed by atoms with van der Waals surface area (Å²) in [5.74, 6) is 0.112. The molecule has 0 bridgehead atoms. The van der Waals surface area contributed by atoms with Crippen LogP contribution in [0.25, 0.3) is 0 Å². The highest BCUT2D eigenvalue weighted by Crippen LogP contribution is 1.96. The minimum Gasteiger partial charge on any atom is -0.324 e. The fourth-order valence-electron chi connectivity index (χ4n) is 0.162. The molecule has 2 nitrogen and oxygen atoms in total. The van der Waals surface area contributed by atoms with E-state index in [-0.39, 0.29) is 16.3 Å². The normalized spacial score (nSPS) is 13.6. The molecule has 0 radical (unpaired) electrons. The number of rotatable bonds is 2. The van der Waals surface area contributed by atoms with Gasteiger partial charge in [0.1, 0.15) is 0 Å². The van der Waals surface area contributed by atoms with Crippen LogP contribution in [0.3, 0.4) is 0 Å². The van der Waals surface area contributed by atoms with Gasteiger partial charge in [-0.05, 0) is 6.92 Å². The molecule has 0 saturated heterocycles. The summed E-state index contributed by atoms with van der Waals surface area (Å²) in [6, 6.07) is 0. The van der Waals surface area contributed by atoms with Gasteiger partial charge < -0.3 is 5.73 Å². The molecule has 0 fully saturated rings. The van der Waals surface area contributed by atoms with E-state index in [1.807, 2.05) is 29.5 Å². The third kappa shape index (κ3) is 2.99. The zero-order chi connectivity index (χ0) is 5.86. The number of carbonyl (C=O) groups excluding carboxylic acids is 1. The SMILES string of the molecule is C[C@@H](I)C(=O)CN. The predicted octanol–water partition coefficient (Wildman–Crippen LogP) is 0.338.